The van der Waals surface area contributed by atoms with E-state index in [4.69, 9.17) is 19.2 Å². The van der Waals surface area contributed by atoms with Crippen LogP contribution < -0.4 is 5.32 Å². The first-order chi connectivity index (χ1) is 21.0. The molecule has 43 heavy (non-hydrogen) atoms. The maximum Gasteiger partial charge on any atom is 0.190 e. The summed E-state index contributed by atoms with van der Waals surface area (Å²) < 4.78 is 19.8. The fourth-order valence-electron chi connectivity index (χ4n) is 6.19. The lowest BCUT2D eigenvalue weighted by molar-refractivity contribution is -0.214. The standard InChI is InChI=1S/C36H43N3O4/c1-36(2)42-33-32(40)29(41-35(33)43-36)25-37-23-15-4-3-5-16-24-39-31(27-19-11-7-12-20-27)30(26-17-9-6-10-18-26)38-34(39)28-21-13-8-14-22-28/h6-14,17-22,29,32-33,35,37,40H,3-5,15-16,23-25H2,1-2H3/t29-,32+,33-,35-/m1/s1. The number of unbranched alkanes of at least 4 members (excludes halogenated alkanes) is 4. The Kier molecular flexibility index (Phi) is 9.36. The van der Waals surface area contributed by atoms with Crippen molar-refractivity contribution < 1.29 is 19.3 Å². The van der Waals surface area contributed by atoms with Gasteiger partial charge in [0.05, 0.1) is 11.4 Å². The van der Waals surface area contributed by atoms with Crippen LogP contribution in [-0.2, 0) is 20.8 Å². The van der Waals surface area contributed by atoms with Crippen LogP contribution in [0.15, 0.2) is 91.0 Å². The van der Waals surface area contributed by atoms with Crippen molar-refractivity contribution >= 4 is 0 Å². The normalized spacial score (nSPS) is 22.6. The molecule has 2 saturated heterocycles. The van der Waals surface area contributed by atoms with E-state index < -0.39 is 24.3 Å². The lowest BCUT2D eigenvalue weighted by Gasteiger charge is -2.23. The molecule has 0 amide bonds. The van der Waals surface area contributed by atoms with Gasteiger partial charge in [0.2, 0.25) is 0 Å². The monoisotopic (exact) mass is 581 g/mol. The van der Waals surface area contributed by atoms with E-state index >= 15 is 0 Å². The molecule has 7 nitrogen and oxygen atoms in total. The van der Waals surface area contributed by atoms with E-state index in [1.807, 2.05) is 13.8 Å². The number of aromatic nitrogens is 2. The Balaban J connectivity index is 1.04. The summed E-state index contributed by atoms with van der Waals surface area (Å²) in [5.41, 5.74) is 5.65. The summed E-state index contributed by atoms with van der Waals surface area (Å²) in [6, 6.07) is 31.7. The summed E-state index contributed by atoms with van der Waals surface area (Å²) in [7, 11) is 0. The molecular formula is C36H43N3O4. The number of ether oxygens (including phenoxy) is 3. The molecule has 0 aliphatic carbocycles. The minimum Gasteiger partial charge on any atom is -0.387 e. The molecule has 0 spiro atoms. The molecule has 1 aromatic heterocycles. The van der Waals surface area contributed by atoms with Crippen molar-refractivity contribution in [2.75, 3.05) is 13.1 Å². The van der Waals surface area contributed by atoms with Crippen molar-refractivity contribution in [1.29, 1.82) is 0 Å². The van der Waals surface area contributed by atoms with Crippen molar-refractivity contribution in [1.82, 2.24) is 14.9 Å². The molecule has 6 rings (SSSR count). The van der Waals surface area contributed by atoms with Crippen LogP contribution in [0.25, 0.3) is 33.9 Å². The van der Waals surface area contributed by atoms with E-state index in [-0.39, 0.29) is 6.10 Å². The van der Waals surface area contributed by atoms with Crippen LogP contribution in [0.3, 0.4) is 0 Å². The minimum atomic E-state index is -0.705. The lowest BCUT2D eigenvalue weighted by Crippen LogP contribution is -2.40. The van der Waals surface area contributed by atoms with Crippen molar-refractivity contribution in [3.05, 3.63) is 91.0 Å². The van der Waals surface area contributed by atoms with Crippen LogP contribution in [0.5, 0.6) is 0 Å². The predicted octanol–water partition coefficient (Wildman–Crippen LogP) is 6.66. The van der Waals surface area contributed by atoms with Gasteiger partial charge in [-0.2, -0.15) is 0 Å². The van der Waals surface area contributed by atoms with E-state index in [1.165, 1.54) is 17.7 Å². The summed E-state index contributed by atoms with van der Waals surface area (Å²) in [6.45, 7) is 6.09. The van der Waals surface area contributed by atoms with Gasteiger partial charge in [-0.05, 0) is 33.2 Å². The highest BCUT2D eigenvalue weighted by atomic mass is 16.8. The number of benzene rings is 3. The molecule has 0 unspecified atom stereocenters. The molecule has 226 valence electrons. The highest BCUT2D eigenvalue weighted by Crippen LogP contribution is 2.38. The third-order valence-electron chi connectivity index (χ3n) is 8.29. The van der Waals surface area contributed by atoms with Gasteiger partial charge in [-0.3, -0.25) is 0 Å². The van der Waals surface area contributed by atoms with Crippen molar-refractivity contribution in [3.8, 4) is 33.9 Å². The van der Waals surface area contributed by atoms with Gasteiger partial charge in [0.15, 0.2) is 12.1 Å². The minimum absolute atomic E-state index is 0.306. The first-order valence-corrected chi connectivity index (χ1v) is 15.7. The molecule has 3 aromatic carbocycles. The van der Waals surface area contributed by atoms with Gasteiger partial charge in [0.25, 0.3) is 0 Å². The Labute approximate surface area is 254 Å². The second-order valence-electron chi connectivity index (χ2n) is 12.0. The van der Waals surface area contributed by atoms with Gasteiger partial charge in [-0.15, -0.1) is 0 Å². The Morgan fingerprint density at radius 2 is 1.37 bits per heavy atom. The van der Waals surface area contributed by atoms with Crippen LogP contribution in [0.2, 0.25) is 0 Å². The van der Waals surface area contributed by atoms with Crippen molar-refractivity contribution in [2.24, 2.45) is 0 Å². The number of hydrogen-bond donors (Lipinski definition) is 2. The predicted molar refractivity (Wildman–Crippen MR) is 169 cm³/mol. The fourth-order valence-corrected chi connectivity index (χ4v) is 6.19. The quantitative estimate of drug-likeness (QED) is 0.172. The number of nitrogens with one attached hydrogen (secondary N) is 1. The summed E-state index contributed by atoms with van der Waals surface area (Å²) in [5.74, 6) is 0.311. The van der Waals surface area contributed by atoms with Crippen LogP contribution in [0.4, 0.5) is 0 Å². The summed E-state index contributed by atoms with van der Waals surface area (Å²) in [5, 5.41) is 14.0. The number of fused-ring (bicyclic) bond motifs is 1. The molecule has 4 atom stereocenters. The maximum absolute atomic E-state index is 10.6. The van der Waals surface area contributed by atoms with Gasteiger partial charge < -0.3 is 29.2 Å². The average molecular weight is 582 g/mol. The number of hydrogen-bond acceptors (Lipinski definition) is 6. The first kappa shape index (κ1) is 29.7. The molecule has 0 bridgehead atoms. The Hall–Kier alpha value is -3.33. The highest BCUT2D eigenvalue weighted by Gasteiger charge is 2.53. The summed E-state index contributed by atoms with van der Waals surface area (Å²) >= 11 is 0. The van der Waals surface area contributed by atoms with E-state index in [9.17, 15) is 5.11 Å². The highest BCUT2D eigenvalue weighted by molar-refractivity contribution is 5.82. The molecule has 7 heteroatoms. The van der Waals surface area contributed by atoms with Gasteiger partial charge in [0, 0.05) is 29.8 Å². The molecule has 0 saturated carbocycles. The average Bonchev–Trinajstić information content (AvgIpc) is 3.65. The number of aliphatic hydroxyl groups excluding tert-OH is 1. The van der Waals surface area contributed by atoms with Gasteiger partial charge in [-0.1, -0.05) is 110 Å². The molecule has 3 heterocycles. The van der Waals surface area contributed by atoms with E-state index in [2.05, 4.69) is 101 Å². The van der Waals surface area contributed by atoms with Crippen molar-refractivity contribution in [2.45, 2.75) is 82.9 Å². The Morgan fingerprint density at radius 3 is 2.05 bits per heavy atom. The largest absolute Gasteiger partial charge is 0.387 e. The zero-order chi connectivity index (χ0) is 29.6. The van der Waals surface area contributed by atoms with E-state index in [0.29, 0.717) is 6.54 Å². The molecule has 2 aliphatic rings. The molecular weight excluding hydrogens is 538 g/mol. The molecule has 0 radical (unpaired) electrons. The van der Waals surface area contributed by atoms with Gasteiger partial charge in [0.1, 0.15) is 24.1 Å². The third-order valence-corrected chi connectivity index (χ3v) is 8.29. The van der Waals surface area contributed by atoms with Crippen LogP contribution >= 0.6 is 0 Å². The molecule has 2 aliphatic heterocycles. The van der Waals surface area contributed by atoms with Crippen LogP contribution in [0, 0.1) is 0 Å². The molecule has 2 fully saturated rings. The first-order valence-electron chi connectivity index (χ1n) is 15.7. The number of aliphatic hydroxyl groups is 1. The zero-order valence-corrected chi connectivity index (χ0v) is 25.2. The smallest absolute Gasteiger partial charge is 0.190 e. The maximum atomic E-state index is 10.6. The van der Waals surface area contributed by atoms with E-state index in [1.54, 1.807) is 0 Å². The van der Waals surface area contributed by atoms with Gasteiger partial charge >= 0.3 is 0 Å². The van der Waals surface area contributed by atoms with Crippen molar-refractivity contribution in [3.63, 3.8) is 0 Å². The number of nitrogens with zero attached hydrogens (tertiary/aromatic N) is 2. The lowest BCUT2D eigenvalue weighted by atomic mass is 10.0. The fraction of sp³-hybridized carbons (Fsp3) is 0.417. The summed E-state index contributed by atoms with van der Waals surface area (Å²) in [4.78, 5) is 5.25. The molecule has 2 N–H and O–H groups in total. The SMILES string of the molecule is CC1(C)O[C@H]2O[C@H](CNCCCCCCCn3c(-c4ccccc4)nc(-c4ccccc4)c3-c3ccccc3)[C@H](O)[C@H]2O1. The number of imidazole rings is 1. The Bertz CT molecular complexity index is 1440. The molecule has 4 aromatic rings. The Morgan fingerprint density at radius 1 is 0.767 bits per heavy atom. The third kappa shape index (κ3) is 6.92. The van der Waals surface area contributed by atoms with Gasteiger partial charge in [-0.25, -0.2) is 4.98 Å². The second-order valence-corrected chi connectivity index (χ2v) is 12.0. The van der Waals surface area contributed by atoms with Crippen LogP contribution in [-0.4, -0.2) is 58.1 Å². The summed E-state index contributed by atoms with van der Waals surface area (Å²) in [6.07, 6.45) is 3.77. The second kappa shape index (κ2) is 13.5. The zero-order valence-electron chi connectivity index (χ0n) is 25.2. The van der Waals surface area contributed by atoms with E-state index in [0.717, 1.165) is 61.4 Å². The number of rotatable bonds is 13. The topological polar surface area (TPSA) is 77.8 Å². The van der Waals surface area contributed by atoms with Crippen LogP contribution in [0.1, 0.15) is 46.0 Å².